The van der Waals surface area contributed by atoms with E-state index in [0.29, 0.717) is 11.7 Å². The normalized spacial score (nSPS) is 16.8. The smallest absolute Gasteiger partial charge is 0.195 e. The van der Waals surface area contributed by atoms with Crippen LogP contribution in [0.15, 0.2) is 23.2 Å². The lowest BCUT2D eigenvalue weighted by molar-refractivity contribution is 0.203. The van der Waals surface area contributed by atoms with Gasteiger partial charge in [0.15, 0.2) is 17.5 Å². The maximum absolute atomic E-state index is 5.37. The molecule has 0 saturated carbocycles. The van der Waals surface area contributed by atoms with Crippen LogP contribution in [0.4, 0.5) is 5.69 Å². The third kappa shape index (κ3) is 6.41. The van der Waals surface area contributed by atoms with Crippen molar-refractivity contribution in [3.05, 3.63) is 18.2 Å². The first-order valence-electron chi connectivity index (χ1n) is 9.66. The van der Waals surface area contributed by atoms with Gasteiger partial charge in [-0.05, 0) is 50.9 Å². The molecule has 1 aliphatic heterocycles. The summed E-state index contributed by atoms with van der Waals surface area (Å²) in [5, 5.41) is 6.66. The van der Waals surface area contributed by atoms with E-state index in [1.165, 1.54) is 32.4 Å². The van der Waals surface area contributed by atoms with Crippen molar-refractivity contribution in [3.63, 3.8) is 0 Å². The Labute approximate surface area is 158 Å². The average molecular weight is 363 g/mol. The highest BCUT2D eigenvalue weighted by Gasteiger charge is 2.13. The topological polar surface area (TPSA) is 58.1 Å². The van der Waals surface area contributed by atoms with E-state index in [9.17, 15) is 0 Å². The Morgan fingerprint density at radius 3 is 2.54 bits per heavy atom. The van der Waals surface area contributed by atoms with Gasteiger partial charge in [0, 0.05) is 31.4 Å². The van der Waals surface area contributed by atoms with E-state index in [2.05, 4.69) is 29.4 Å². The summed E-state index contributed by atoms with van der Waals surface area (Å²) >= 11 is 0. The summed E-state index contributed by atoms with van der Waals surface area (Å²) in [6.45, 7) is 9.56. The Hall–Kier alpha value is -1.95. The highest BCUT2D eigenvalue weighted by molar-refractivity contribution is 5.93. The zero-order valence-corrected chi connectivity index (χ0v) is 16.7. The SMILES string of the molecule is CCNC(=NCC(C)CN1CCCCC1)Nc1ccc(OC)c(OC)c1. The Bertz CT molecular complexity index is 571. The van der Waals surface area contributed by atoms with Crippen molar-refractivity contribution in [1.82, 2.24) is 10.2 Å². The van der Waals surface area contributed by atoms with Gasteiger partial charge >= 0.3 is 0 Å². The largest absolute Gasteiger partial charge is 0.493 e. The molecule has 0 bridgehead atoms. The molecule has 0 radical (unpaired) electrons. The summed E-state index contributed by atoms with van der Waals surface area (Å²) in [5.74, 6) is 2.75. The molecular formula is C20H34N4O2. The van der Waals surface area contributed by atoms with Crippen molar-refractivity contribution >= 4 is 11.6 Å². The molecule has 2 rings (SSSR count). The van der Waals surface area contributed by atoms with Crippen LogP contribution in [0.3, 0.4) is 0 Å². The van der Waals surface area contributed by atoms with Crippen molar-refractivity contribution in [3.8, 4) is 11.5 Å². The predicted octanol–water partition coefficient (Wildman–Crippen LogP) is 3.20. The summed E-state index contributed by atoms with van der Waals surface area (Å²) < 4.78 is 10.7. The zero-order valence-electron chi connectivity index (χ0n) is 16.7. The van der Waals surface area contributed by atoms with Crippen LogP contribution in [0.5, 0.6) is 11.5 Å². The molecule has 1 aliphatic rings. The first-order chi connectivity index (χ1) is 12.7. The number of hydrogen-bond donors (Lipinski definition) is 2. The van der Waals surface area contributed by atoms with Crippen molar-refractivity contribution in [2.24, 2.45) is 10.9 Å². The first-order valence-corrected chi connectivity index (χ1v) is 9.66. The maximum atomic E-state index is 5.37. The molecule has 0 spiro atoms. The van der Waals surface area contributed by atoms with Gasteiger partial charge in [0.1, 0.15) is 0 Å². The number of rotatable bonds is 8. The van der Waals surface area contributed by atoms with Crippen molar-refractivity contribution in [2.75, 3.05) is 52.3 Å². The molecule has 6 nitrogen and oxygen atoms in total. The Balaban J connectivity index is 1.95. The molecule has 2 N–H and O–H groups in total. The summed E-state index contributed by atoms with van der Waals surface area (Å²) in [4.78, 5) is 7.34. The minimum Gasteiger partial charge on any atom is -0.493 e. The second kappa shape index (κ2) is 10.9. The number of nitrogens with one attached hydrogen (secondary N) is 2. The maximum Gasteiger partial charge on any atom is 0.195 e. The van der Waals surface area contributed by atoms with Gasteiger partial charge in [0.05, 0.1) is 14.2 Å². The van der Waals surface area contributed by atoms with Gasteiger partial charge in [-0.1, -0.05) is 13.3 Å². The lowest BCUT2D eigenvalue weighted by Gasteiger charge is -2.28. The summed E-state index contributed by atoms with van der Waals surface area (Å²) in [5.41, 5.74) is 0.922. The molecule has 146 valence electrons. The van der Waals surface area contributed by atoms with E-state index in [-0.39, 0.29) is 0 Å². The lowest BCUT2D eigenvalue weighted by atomic mass is 10.1. The number of methoxy groups -OCH3 is 2. The van der Waals surface area contributed by atoms with E-state index < -0.39 is 0 Å². The molecular weight excluding hydrogens is 328 g/mol. The summed E-state index contributed by atoms with van der Waals surface area (Å²) in [6.07, 6.45) is 4.04. The second-order valence-corrected chi connectivity index (χ2v) is 6.88. The first kappa shape index (κ1) is 20.4. The molecule has 1 aromatic carbocycles. The fourth-order valence-electron chi connectivity index (χ4n) is 3.25. The van der Waals surface area contributed by atoms with Crippen molar-refractivity contribution < 1.29 is 9.47 Å². The molecule has 1 heterocycles. The molecule has 1 aromatic rings. The molecule has 6 heteroatoms. The molecule has 0 aromatic heterocycles. The van der Waals surface area contributed by atoms with E-state index in [1.807, 2.05) is 18.2 Å². The van der Waals surface area contributed by atoms with Crippen LogP contribution < -0.4 is 20.1 Å². The van der Waals surface area contributed by atoms with E-state index >= 15 is 0 Å². The Morgan fingerprint density at radius 2 is 1.88 bits per heavy atom. The average Bonchev–Trinajstić information content (AvgIpc) is 2.67. The van der Waals surface area contributed by atoms with E-state index in [1.54, 1.807) is 14.2 Å². The van der Waals surface area contributed by atoms with Crippen LogP contribution >= 0.6 is 0 Å². The minimum atomic E-state index is 0.536. The van der Waals surface area contributed by atoms with Gasteiger partial charge in [-0.15, -0.1) is 0 Å². The summed E-state index contributed by atoms with van der Waals surface area (Å²) in [6, 6.07) is 5.78. The predicted molar refractivity (Wildman–Crippen MR) is 109 cm³/mol. The van der Waals surface area contributed by atoms with Crippen LogP contribution in [-0.4, -0.2) is 57.8 Å². The van der Waals surface area contributed by atoms with Crippen LogP contribution in [0, 0.1) is 5.92 Å². The third-order valence-corrected chi connectivity index (χ3v) is 4.57. The Morgan fingerprint density at radius 1 is 1.15 bits per heavy atom. The lowest BCUT2D eigenvalue weighted by Crippen LogP contribution is -2.35. The van der Waals surface area contributed by atoms with Gasteiger partial charge in [-0.25, -0.2) is 0 Å². The number of nitrogens with zero attached hydrogens (tertiary/aromatic N) is 2. The minimum absolute atomic E-state index is 0.536. The van der Waals surface area contributed by atoms with Gasteiger partial charge in [0.25, 0.3) is 0 Å². The summed E-state index contributed by atoms with van der Waals surface area (Å²) in [7, 11) is 3.28. The second-order valence-electron chi connectivity index (χ2n) is 6.88. The zero-order chi connectivity index (χ0) is 18.8. The molecule has 1 saturated heterocycles. The van der Waals surface area contributed by atoms with Crippen LogP contribution in [0.25, 0.3) is 0 Å². The van der Waals surface area contributed by atoms with Crippen LogP contribution in [0.2, 0.25) is 0 Å². The van der Waals surface area contributed by atoms with E-state index in [0.717, 1.165) is 37.0 Å². The molecule has 0 amide bonds. The number of benzene rings is 1. The number of hydrogen-bond acceptors (Lipinski definition) is 4. The van der Waals surface area contributed by atoms with Gasteiger partial charge in [-0.2, -0.15) is 0 Å². The van der Waals surface area contributed by atoms with Crippen molar-refractivity contribution in [2.45, 2.75) is 33.1 Å². The molecule has 1 fully saturated rings. The monoisotopic (exact) mass is 362 g/mol. The molecule has 0 aliphatic carbocycles. The molecule has 1 unspecified atom stereocenters. The van der Waals surface area contributed by atoms with Crippen LogP contribution in [-0.2, 0) is 0 Å². The highest BCUT2D eigenvalue weighted by Crippen LogP contribution is 2.29. The number of aliphatic imine (C=N–C) groups is 1. The Kier molecular flexibility index (Phi) is 8.54. The number of piperidine rings is 1. The molecule has 1 atom stereocenters. The van der Waals surface area contributed by atoms with Crippen LogP contribution in [0.1, 0.15) is 33.1 Å². The molecule has 26 heavy (non-hydrogen) atoms. The number of guanidine groups is 1. The van der Waals surface area contributed by atoms with Gasteiger partial charge in [-0.3, -0.25) is 4.99 Å². The fourth-order valence-corrected chi connectivity index (χ4v) is 3.25. The number of ether oxygens (including phenoxy) is 2. The fraction of sp³-hybridized carbons (Fsp3) is 0.650. The number of likely N-dealkylation sites (tertiary alicyclic amines) is 1. The highest BCUT2D eigenvalue weighted by atomic mass is 16.5. The van der Waals surface area contributed by atoms with Gasteiger partial charge < -0.3 is 25.0 Å². The quantitative estimate of drug-likeness (QED) is 0.549. The third-order valence-electron chi connectivity index (χ3n) is 4.57. The standard InChI is InChI=1S/C20H34N4O2/c1-5-21-20(22-14-16(2)15-24-11-7-6-8-12-24)23-17-9-10-18(25-3)19(13-17)26-4/h9-10,13,16H,5-8,11-12,14-15H2,1-4H3,(H2,21,22,23). The van der Waals surface area contributed by atoms with Gasteiger partial charge in [0.2, 0.25) is 0 Å². The van der Waals surface area contributed by atoms with E-state index in [4.69, 9.17) is 14.5 Å². The number of anilines is 1. The van der Waals surface area contributed by atoms with Crippen molar-refractivity contribution in [1.29, 1.82) is 0 Å².